The van der Waals surface area contributed by atoms with Crippen LogP contribution in [-0.2, 0) is 14.4 Å². The van der Waals surface area contributed by atoms with Crippen LogP contribution in [0.25, 0.3) is 0 Å². The highest BCUT2D eigenvalue weighted by Gasteiger charge is 2.34. The molecule has 1 fully saturated rings. The standard InChI is InChI=1S/C18H20N2O4/c21-16-6-3-11-20(16)13-9-7-12(8-10-13)19-17(22)14-4-1-2-5-15(14)18(23)24/h1-2,7-10,14-15H,3-6,11H2,(H,19,22)(H,23,24). The molecule has 1 aromatic carbocycles. The summed E-state index contributed by atoms with van der Waals surface area (Å²) in [4.78, 5) is 37.2. The van der Waals surface area contributed by atoms with Gasteiger partial charge in [0, 0.05) is 24.3 Å². The molecule has 0 bridgehead atoms. The molecule has 0 saturated carbocycles. The zero-order valence-electron chi connectivity index (χ0n) is 13.3. The molecular formula is C18H20N2O4. The monoisotopic (exact) mass is 328 g/mol. The lowest BCUT2D eigenvalue weighted by Gasteiger charge is -2.24. The molecule has 1 saturated heterocycles. The number of benzene rings is 1. The van der Waals surface area contributed by atoms with Gasteiger partial charge >= 0.3 is 5.97 Å². The molecule has 1 heterocycles. The van der Waals surface area contributed by atoms with Gasteiger partial charge in [-0.15, -0.1) is 0 Å². The molecule has 1 aliphatic heterocycles. The number of hydrogen-bond donors (Lipinski definition) is 2. The number of rotatable bonds is 4. The topological polar surface area (TPSA) is 86.7 Å². The van der Waals surface area contributed by atoms with Crippen molar-refractivity contribution in [3.8, 4) is 0 Å². The van der Waals surface area contributed by atoms with Crippen molar-refractivity contribution in [3.63, 3.8) is 0 Å². The molecule has 24 heavy (non-hydrogen) atoms. The molecule has 1 aliphatic carbocycles. The van der Waals surface area contributed by atoms with E-state index in [2.05, 4.69) is 5.32 Å². The molecular weight excluding hydrogens is 308 g/mol. The second-order valence-electron chi connectivity index (χ2n) is 6.18. The van der Waals surface area contributed by atoms with Crippen LogP contribution in [-0.4, -0.2) is 29.4 Å². The molecule has 0 radical (unpaired) electrons. The number of nitrogens with zero attached hydrogens (tertiary/aromatic N) is 1. The Kier molecular flexibility index (Phi) is 4.64. The molecule has 1 aromatic rings. The third-order valence-electron chi connectivity index (χ3n) is 4.61. The van der Waals surface area contributed by atoms with E-state index in [1.165, 1.54) is 0 Å². The SMILES string of the molecule is O=C(O)C1CC=CCC1C(=O)Nc1ccc(N2CCCC2=O)cc1. The van der Waals surface area contributed by atoms with Crippen LogP contribution in [0, 0.1) is 11.8 Å². The van der Waals surface area contributed by atoms with Gasteiger partial charge < -0.3 is 15.3 Å². The fourth-order valence-electron chi connectivity index (χ4n) is 3.26. The molecule has 6 nitrogen and oxygen atoms in total. The fourth-order valence-corrected chi connectivity index (χ4v) is 3.26. The van der Waals surface area contributed by atoms with E-state index in [1.807, 2.05) is 12.2 Å². The first-order valence-electron chi connectivity index (χ1n) is 8.15. The maximum absolute atomic E-state index is 12.4. The van der Waals surface area contributed by atoms with Crippen molar-refractivity contribution >= 4 is 29.2 Å². The van der Waals surface area contributed by atoms with Gasteiger partial charge in [0.1, 0.15) is 0 Å². The number of carboxylic acid groups (broad SMARTS) is 1. The zero-order chi connectivity index (χ0) is 17.1. The lowest BCUT2D eigenvalue weighted by Crippen LogP contribution is -2.34. The second-order valence-corrected chi connectivity index (χ2v) is 6.18. The Morgan fingerprint density at radius 1 is 1.08 bits per heavy atom. The lowest BCUT2D eigenvalue weighted by molar-refractivity contribution is -0.146. The first kappa shape index (κ1) is 16.2. The van der Waals surface area contributed by atoms with E-state index < -0.39 is 17.8 Å². The van der Waals surface area contributed by atoms with E-state index in [4.69, 9.17) is 0 Å². The van der Waals surface area contributed by atoms with E-state index >= 15 is 0 Å². The van der Waals surface area contributed by atoms with Gasteiger partial charge in [-0.05, 0) is 43.5 Å². The van der Waals surface area contributed by atoms with Crippen molar-refractivity contribution in [1.29, 1.82) is 0 Å². The predicted molar refractivity (Wildman–Crippen MR) is 89.6 cm³/mol. The molecule has 0 spiro atoms. The summed E-state index contributed by atoms with van der Waals surface area (Å²) < 4.78 is 0. The van der Waals surface area contributed by atoms with Gasteiger partial charge in [0.05, 0.1) is 11.8 Å². The molecule has 2 aliphatic rings. The van der Waals surface area contributed by atoms with Crippen molar-refractivity contribution in [1.82, 2.24) is 0 Å². The van der Waals surface area contributed by atoms with Crippen LogP contribution in [0.3, 0.4) is 0 Å². The minimum atomic E-state index is -0.942. The van der Waals surface area contributed by atoms with Crippen molar-refractivity contribution in [2.45, 2.75) is 25.7 Å². The van der Waals surface area contributed by atoms with Gasteiger partial charge in [-0.2, -0.15) is 0 Å². The fraction of sp³-hybridized carbons (Fsp3) is 0.389. The summed E-state index contributed by atoms with van der Waals surface area (Å²) in [6.45, 7) is 0.721. The van der Waals surface area contributed by atoms with Gasteiger partial charge in [0.2, 0.25) is 11.8 Å². The molecule has 2 unspecified atom stereocenters. The Hall–Kier alpha value is -2.63. The molecule has 2 amide bonds. The average Bonchev–Trinajstić information content (AvgIpc) is 3.01. The third-order valence-corrected chi connectivity index (χ3v) is 4.61. The highest BCUT2D eigenvalue weighted by atomic mass is 16.4. The number of carbonyl (C=O) groups is 3. The van der Waals surface area contributed by atoms with E-state index in [0.29, 0.717) is 24.9 Å². The van der Waals surface area contributed by atoms with Crippen LogP contribution in [0.4, 0.5) is 11.4 Å². The van der Waals surface area contributed by atoms with Gasteiger partial charge in [0.25, 0.3) is 0 Å². The summed E-state index contributed by atoms with van der Waals surface area (Å²) in [5, 5.41) is 12.0. The largest absolute Gasteiger partial charge is 0.481 e. The number of amides is 2. The van der Waals surface area contributed by atoms with Crippen LogP contribution >= 0.6 is 0 Å². The van der Waals surface area contributed by atoms with Gasteiger partial charge in [-0.1, -0.05) is 12.2 Å². The second kappa shape index (κ2) is 6.86. The Morgan fingerprint density at radius 2 is 1.75 bits per heavy atom. The lowest BCUT2D eigenvalue weighted by atomic mass is 9.82. The number of nitrogens with one attached hydrogen (secondary N) is 1. The van der Waals surface area contributed by atoms with Crippen LogP contribution < -0.4 is 10.2 Å². The number of hydrogen-bond acceptors (Lipinski definition) is 3. The van der Waals surface area contributed by atoms with Crippen molar-refractivity contribution < 1.29 is 19.5 Å². The Bertz CT molecular complexity index is 681. The highest BCUT2D eigenvalue weighted by Crippen LogP contribution is 2.28. The number of aliphatic carboxylic acids is 1. The number of carboxylic acids is 1. The Balaban J connectivity index is 1.67. The molecule has 126 valence electrons. The molecule has 2 atom stereocenters. The minimum Gasteiger partial charge on any atom is -0.481 e. The number of allylic oxidation sites excluding steroid dienone is 2. The summed E-state index contributed by atoms with van der Waals surface area (Å²) in [7, 11) is 0. The van der Waals surface area contributed by atoms with Crippen LogP contribution in [0.15, 0.2) is 36.4 Å². The Morgan fingerprint density at radius 3 is 2.33 bits per heavy atom. The molecule has 2 N–H and O–H groups in total. The number of anilines is 2. The summed E-state index contributed by atoms with van der Waals surface area (Å²) in [5.41, 5.74) is 1.42. The van der Waals surface area contributed by atoms with Crippen molar-refractivity contribution in [2.24, 2.45) is 11.8 Å². The quantitative estimate of drug-likeness (QED) is 0.831. The summed E-state index contributed by atoms with van der Waals surface area (Å²) in [6.07, 6.45) is 5.91. The molecule has 6 heteroatoms. The Labute approximate surface area is 140 Å². The van der Waals surface area contributed by atoms with Gasteiger partial charge in [-0.25, -0.2) is 0 Å². The summed E-state index contributed by atoms with van der Waals surface area (Å²) >= 11 is 0. The predicted octanol–water partition coefficient (Wildman–Crippen LogP) is 2.42. The number of carbonyl (C=O) groups excluding carboxylic acids is 2. The first-order valence-corrected chi connectivity index (χ1v) is 8.15. The van der Waals surface area contributed by atoms with Crippen LogP contribution in [0.2, 0.25) is 0 Å². The summed E-state index contributed by atoms with van der Waals surface area (Å²) in [5.74, 6) is -2.35. The normalized spacial score (nSPS) is 23.3. The minimum absolute atomic E-state index is 0.116. The third kappa shape index (κ3) is 3.32. The van der Waals surface area contributed by atoms with E-state index in [9.17, 15) is 19.5 Å². The van der Waals surface area contributed by atoms with Crippen LogP contribution in [0.5, 0.6) is 0 Å². The van der Waals surface area contributed by atoms with E-state index in [1.54, 1.807) is 29.2 Å². The first-order chi connectivity index (χ1) is 11.6. The average molecular weight is 328 g/mol. The van der Waals surface area contributed by atoms with Gasteiger partial charge in [0.15, 0.2) is 0 Å². The summed E-state index contributed by atoms with van der Waals surface area (Å²) in [6, 6.07) is 7.09. The van der Waals surface area contributed by atoms with E-state index in [0.717, 1.165) is 18.7 Å². The maximum Gasteiger partial charge on any atom is 0.307 e. The molecule has 3 rings (SSSR count). The van der Waals surface area contributed by atoms with Gasteiger partial charge in [-0.3, -0.25) is 14.4 Å². The zero-order valence-corrected chi connectivity index (χ0v) is 13.3. The highest BCUT2D eigenvalue weighted by molar-refractivity contribution is 5.97. The maximum atomic E-state index is 12.4. The van der Waals surface area contributed by atoms with Crippen molar-refractivity contribution in [2.75, 3.05) is 16.8 Å². The van der Waals surface area contributed by atoms with E-state index in [-0.39, 0.29) is 11.8 Å². The smallest absolute Gasteiger partial charge is 0.307 e. The molecule has 0 aromatic heterocycles. The van der Waals surface area contributed by atoms with Crippen LogP contribution in [0.1, 0.15) is 25.7 Å². The van der Waals surface area contributed by atoms with Crippen molar-refractivity contribution in [3.05, 3.63) is 36.4 Å².